The van der Waals surface area contributed by atoms with Crippen LogP contribution in [0.5, 0.6) is 0 Å². The van der Waals surface area contributed by atoms with E-state index >= 15 is 0 Å². The van der Waals surface area contributed by atoms with Crippen LogP contribution in [0.4, 0.5) is 0 Å². The summed E-state index contributed by atoms with van der Waals surface area (Å²) in [5.74, 6) is 5.57. The average molecular weight is 286 g/mol. The second kappa shape index (κ2) is 6.91. The molecule has 0 atom stereocenters. The lowest BCUT2D eigenvalue weighted by atomic mass is 10.0. The van der Waals surface area contributed by atoms with Crippen LogP contribution in [0, 0.1) is 18.8 Å². The molecule has 1 aromatic rings. The highest BCUT2D eigenvalue weighted by Crippen LogP contribution is 2.13. The van der Waals surface area contributed by atoms with Gasteiger partial charge >= 0.3 is 0 Å². The zero-order valence-electron chi connectivity index (χ0n) is 12.0. The minimum atomic E-state index is -0.136. The van der Waals surface area contributed by atoms with Crippen molar-refractivity contribution >= 4 is 11.8 Å². The van der Waals surface area contributed by atoms with Gasteiger partial charge < -0.3 is 15.3 Å². The lowest BCUT2D eigenvalue weighted by Crippen LogP contribution is -2.49. The number of benzene rings is 1. The summed E-state index contributed by atoms with van der Waals surface area (Å²) in [4.78, 5) is 25.2. The lowest BCUT2D eigenvalue weighted by molar-refractivity contribution is -0.123. The fraction of sp³-hybridized carbons (Fsp3) is 0.375. The summed E-state index contributed by atoms with van der Waals surface area (Å²) in [5, 5.41) is 11.4. The van der Waals surface area contributed by atoms with Crippen LogP contribution in [0.1, 0.15) is 27.9 Å². The smallest absolute Gasteiger partial charge is 0.254 e. The maximum absolute atomic E-state index is 12.3. The molecule has 2 N–H and O–H groups in total. The molecule has 0 bridgehead atoms. The molecular weight excluding hydrogens is 268 g/mol. The van der Waals surface area contributed by atoms with E-state index in [2.05, 4.69) is 17.2 Å². The Hall–Kier alpha value is -2.32. The standard InChI is InChI=1S/C16H18N2O3/c1-12-10-14(6-5-13(12)4-2-3-9-19)16(21)18-8-7-17-15(20)11-18/h5-6,10,19H,3,7-9,11H2,1H3,(H,17,20). The number of amides is 2. The van der Waals surface area contributed by atoms with Gasteiger partial charge in [0.1, 0.15) is 0 Å². The quantitative estimate of drug-likeness (QED) is 0.768. The van der Waals surface area contributed by atoms with Crippen molar-refractivity contribution in [2.75, 3.05) is 26.2 Å². The molecule has 0 aromatic heterocycles. The highest BCUT2D eigenvalue weighted by Gasteiger charge is 2.22. The molecule has 21 heavy (non-hydrogen) atoms. The average Bonchev–Trinajstić information content (AvgIpc) is 2.48. The molecule has 0 spiro atoms. The van der Waals surface area contributed by atoms with E-state index < -0.39 is 0 Å². The Bertz CT molecular complexity index is 614. The van der Waals surface area contributed by atoms with E-state index in [4.69, 9.17) is 5.11 Å². The van der Waals surface area contributed by atoms with Gasteiger partial charge in [0.2, 0.25) is 5.91 Å². The van der Waals surface area contributed by atoms with Crippen molar-refractivity contribution in [1.82, 2.24) is 10.2 Å². The summed E-state index contributed by atoms with van der Waals surface area (Å²) in [6.07, 6.45) is 0.434. The number of hydrogen-bond acceptors (Lipinski definition) is 3. The first-order valence-electron chi connectivity index (χ1n) is 6.88. The molecule has 0 saturated carbocycles. The number of aryl methyl sites for hydroxylation is 1. The highest BCUT2D eigenvalue weighted by atomic mass is 16.2. The van der Waals surface area contributed by atoms with Crippen molar-refractivity contribution in [2.24, 2.45) is 0 Å². The highest BCUT2D eigenvalue weighted by molar-refractivity contribution is 5.97. The lowest BCUT2D eigenvalue weighted by Gasteiger charge is -2.26. The number of carbonyl (C=O) groups excluding carboxylic acids is 2. The number of aliphatic hydroxyl groups excluding tert-OH is 1. The van der Waals surface area contributed by atoms with Crippen LogP contribution in [-0.2, 0) is 4.79 Å². The van der Waals surface area contributed by atoms with E-state index in [1.165, 1.54) is 0 Å². The molecule has 5 nitrogen and oxygen atoms in total. The van der Waals surface area contributed by atoms with Gasteiger partial charge in [-0.1, -0.05) is 11.8 Å². The largest absolute Gasteiger partial charge is 0.395 e. The van der Waals surface area contributed by atoms with Crippen LogP contribution in [0.15, 0.2) is 18.2 Å². The van der Waals surface area contributed by atoms with E-state index in [0.29, 0.717) is 25.1 Å². The summed E-state index contributed by atoms with van der Waals surface area (Å²) in [5.41, 5.74) is 2.32. The zero-order valence-corrected chi connectivity index (χ0v) is 12.0. The van der Waals surface area contributed by atoms with Crippen LogP contribution in [0.3, 0.4) is 0 Å². The number of hydrogen-bond donors (Lipinski definition) is 2. The maximum atomic E-state index is 12.3. The predicted octanol–water partition coefficient (Wildman–Crippen LogP) is 0.301. The Morgan fingerprint density at radius 3 is 2.95 bits per heavy atom. The first-order chi connectivity index (χ1) is 10.1. The molecule has 0 aliphatic carbocycles. The van der Waals surface area contributed by atoms with E-state index in [-0.39, 0.29) is 25.0 Å². The number of nitrogens with zero attached hydrogens (tertiary/aromatic N) is 1. The van der Waals surface area contributed by atoms with Crippen molar-refractivity contribution in [3.05, 3.63) is 34.9 Å². The van der Waals surface area contributed by atoms with Crippen molar-refractivity contribution in [1.29, 1.82) is 0 Å². The Balaban J connectivity index is 2.14. The molecule has 5 heteroatoms. The van der Waals surface area contributed by atoms with E-state index in [1.54, 1.807) is 23.1 Å². The zero-order chi connectivity index (χ0) is 15.2. The van der Waals surface area contributed by atoms with Gasteiger partial charge in [-0.05, 0) is 30.7 Å². The fourth-order valence-electron chi connectivity index (χ4n) is 2.15. The van der Waals surface area contributed by atoms with Gasteiger partial charge in [0.15, 0.2) is 0 Å². The second-order valence-electron chi connectivity index (χ2n) is 4.88. The summed E-state index contributed by atoms with van der Waals surface area (Å²) in [6, 6.07) is 5.32. The van der Waals surface area contributed by atoms with Gasteiger partial charge in [-0.3, -0.25) is 9.59 Å². The van der Waals surface area contributed by atoms with Crippen molar-refractivity contribution in [3.8, 4) is 11.8 Å². The number of aliphatic hydroxyl groups is 1. The molecule has 2 amide bonds. The third kappa shape index (κ3) is 3.83. The molecule has 1 saturated heterocycles. The normalized spacial score (nSPS) is 14.2. The predicted molar refractivity (Wildman–Crippen MR) is 78.7 cm³/mol. The topological polar surface area (TPSA) is 69.6 Å². The number of nitrogens with one attached hydrogen (secondary N) is 1. The van der Waals surface area contributed by atoms with E-state index in [0.717, 1.165) is 11.1 Å². The first kappa shape index (κ1) is 15.1. The van der Waals surface area contributed by atoms with Crippen molar-refractivity contribution in [2.45, 2.75) is 13.3 Å². The maximum Gasteiger partial charge on any atom is 0.254 e. The van der Waals surface area contributed by atoms with E-state index in [1.807, 2.05) is 6.92 Å². The minimum Gasteiger partial charge on any atom is -0.395 e. The van der Waals surface area contributed by atoms with Gasteiger partial charge in [-0.15, -0.1) is 0 Å². The Labute approximate surface area is 124 Å². The monoisotopic (exact) mass is 286 g/mol. The van der Waals surface area contributed by atoms with Crippen molar-refractivity contribution in [3.63, 3.8) is 0 Å². The Kier molecular flexibility index (Phi) is 4.96. The number of piperazine rings is 1. The summed E-state index contributed by atoms with van der Waals surface area (Å²) < 4.78 is 0. The summed E-state index contributed by atoms with van der Waals surface area (Å²) in [7, 11) is 0. The molecule has 0 radical (unpaired) electrons. The van der Waals surface area contributed by atoms with Crippen molar-refractivity contribution < 1.29 is 14.7 Å². The molecule has 110 valence electrons. The van der Waals surface area contributed by atoms with Gasteiger partial charge in [0.05, 0.1) is 13.2 Å². The molecule has 2 rings (SSSR count). The van der Waals surface area contributed by atoms with Gasteiger partial charge in [0.25, 0.3) is 5.91 Å². The Morgan fingerprint density at radius 2 is 2.29 bits per heavy atom. The Morgan fingerprint density at radius 1 is 1.48 bits per heavy atom. The number of carbonyl (C=O) groups is 2. The van der Waals surface area contributed by atoms with Crippen LogP contribution >= 0.6 is 0 Å². The van der Waals surface area contributed by atoms with Crippen LogP contribution in [0.2, 0.25) is 0 Å². The summed E-state index contributed by atoms with van der Waals surface area (Å²) in [6.45, 7) is 3.06. The summed E-state index contributed by atoms with van der Waals surface area (Å²) >= 11 is 0. The third-order valence-electron chi connectivity index (χ3n) is 3.26. The number of rotatable bonds is 2. The van der Waals surface area contributed by atoms with Crippen LogP contribution in [0.25, 0.3) is 0 Å². The van der Waals surface area contributed by atoms with E-state index in [9.17, 15) is 9.59 Å². The molecule has 1 aromatic carbocycles. The third-order valence-corrected chi connectivity index (χ3v) is 3.26. The molecule has 1 aliphatic rings. The van der Waals surface area contributed by atoms with Crippen LogP contribution in [-0.4, -0.2) is 48.1 Å². The van der Waals surface area contributed by atoms with Crippen LogP contribution < -0.4 is 5.32 Å². The minimum absolute atomic E-state index is 0.0413. The fourth-order valence-corrected chi connectivity index (χ4v) is 2.15. The van der Waals surface area contributed by atoms with Gasteiger partial charge in [0, 0.05) is 30.6 Å². The molecular formula is C16H18N2O3. The molecule has 0 unspecified atom stereocenters. The van der Waals surface area contributed by atoms with Gasteiger partial charge in [-0.25, -0.2) is 0 Å². The first-order valence-corrected chi connectivity index (χ1v) is 6.88. The molecule has 1 aliphatic heterocycles. The molecule has 1 heterocycles. The van der Waals surface area contributed by atoms with Gasteiger partial charge in [-0.2, -0.15) is 0 Å². The second-order valence-corrected chi connectivity index (χ2v) is 4.88. The SMILES string of the molecule is Cc1cc(C(=O)N2CCNC(=O)C2)ccc1C#CCCO. The molecule has 1 fully saturated rings.